The van der Waals surface area contributed by atoms with Crippen LogP contribution >= 0.6 is 0 Å². The fourth-order valence-electron chi connectivity index (χ4n) is 3.02. The molecule has 0 spiro atoms. The number of hydrogen-bond acceptors (Lipinski definition) is 5. The zero-order valence-corrected chi connectivity index (χ0v) is 15.1. The van der Waals surface area contributed by atoms with Crippen molar-refractivity contribution in [3.63, 3.8) is 0 Å². The maximum atomic E-state index is 12.3. The molecule has 0 bridgehead atoms. The first kappa shape index (κ1) is 17.5. The van der Waals surface area contributed by atoms with Crippen LogP contribution in [0.3, 0.4) is 0 Å². The first-order chi connectivity index (χ1) is 11.8. The van der Waals surface area contributed by atoms with Crippen LogP contribution in [0.5, 0.6) is 5.75 Å². The van der Waals surface area contributed by atoms with Crippen molar-refractivity contribution in [3.05, 3.63) is 23.3 Å². The van der Waals surface area contributed by atoms with Crippen LogP contribution in [0.1, 0.15) is 31.9 Å². The van der Waals surface area contributed by atoms with E-state index in [2.05, 4.69) is 0 Å². The average molecular weight is 348 g/mol. The van der Waals surface area contributed by atoms with Crippen molar-refractivity contribution in [3.8, 4) is 5.75 Å². The number of amides is 2. The summed E-state index contributed by atoms with van der Waals surface area (Å²) in [4.78, 5) is 27.8. The number of nitrogens with zero attached hydrogens (tertiary/aromatic N) is 2. The molecule has 0 aliphatic carbocycles. The number of carbonyl (C=O) groups is 2. The molecule has 2 aliphatic heterocycles. The van der Waals surface area contributed by atoms with E-state index in [9.17, 15) is 9.59 Å². The van der Waals surface area contributed by atoms with Crippen LogP contribution in [-0.2, 0) is 27.4 Å². The Morgan fingerprint density at radius 3 is 2.48 bits per heavy atom. The molecule has 2 heterocycles. The standard InChI is InChI=1S/C18H24N2O5/c1-18(2,3)25-17(22)19-9-12-7-14(15(23-4)8-13(12)10-19)20-5-6-24-11-16(20)21/h7-8H,5-6,9-11H2,1-4H3. The van der Waals surface area contributed by atoms with Crippen molar-refractivity contribution in [1.29, 1.82) is 0 Å². The molecule has 0 unspecified atom stereocenters. The number of carbonyl (C=O) groups excluding carboxylic acids is 2. The predicted molar refractivity (Wildman–Crippen MR) is 91.6 cm³/mol. The summed E-state index contributed by atoms with van der Waals surface area (Å²) in [5.41, 5.74) is 2.20. The Morgan fingerprint density at radius 1 is 1.20 bits per heavy atom. The van der Waals surface area contributed by atoms with Crippen molar-refractivity contribution in [2.75, 3.05) is 31.8 Å². The number of ether oxygens (including phenoxy) is 3. The molecule has 1 saturated heterocycles. The highest BCUT2D eigenvalue weighted by molar-refractivity contribution is 5.96. The van der Waals surface area contributed by atoms with Gasteiger partial charge in [-0.2, -0.15) is 0 Å². The summed E-state index contributed by atoms with van der Waals surface area (Å²) in [6.45, 7) is 7.53. The van der Waals surface area contributed by atoms with E-state index in [-0.39, 0.29) is 18.6 Å². The molecular weight excluding hydrogens is 324 g/mol. The Kier molecular flexibility index (Phi) is 4.60. The molecule has 1 aromatic rings. The number of rotatable bonds is 2. The quantitative estimate of drug-likeness (QED) is 0.820. The van der Waals surface area contributed by atoms with Crippen LogP contribution in [0.15, 0.2) is 12.1 Å². The van der Waals surface area contributed by atoms with Crippen LogP contribution in [-0.4, -0.2) is 49.4 Å². The lowest BCUT2D eigenvalue weighted by Crippen LogP contribution is -2.41. The molecular formula is C18H24N2O5. The lowest BCUT2D eigenvalue weighted by atomic mass is 10.1. The topological polar surface area (TPSA) is 68.3 Å². The van der Waals surface area contributed by atoms with E-state index in [1.807, 2.05) is 32.9 Å². The third-order valence-corrected chi connectivity index (χ3v) is 4.15. The van der Waals surface area contributed by atoms with Gasteiger partial charge < -0.3 is 19.1 Å². The van der Waals surface area contributed by atoms with Crippen LogP contribution < -0.4 is 9.64 Å². The molecule has 0 saturated carbocycles. The van der Waals surface area contributed by atoms with Crippen LogP contribution in [0.4, 0.5) is 10.5 Å². The molecule has 2 aliphatic rings. The van der Waals surface area contributed by atoms with Gasteiger partial charge in [-0.3, -0.25) is 9.69 Å². The Morgan fingerprint density at radius 2 is 1.88 bits per heavy atom. The van der Waals surface area contributed by atoms with Gasteiger partial charge in [0, 0.05) is 19.6 Å². The Labute approximate surface area is 147 Å². The Bertz CT molecular complexity index is 695. The summed E-state index contributed by atoms with van der Waals surface area (Å²) in [5, 5.41) is 0. The van der Waals surface area contributed by atoms with Crippen molar-refractivity contribution in [2.24, 2.45) is 0 Å². The van der Waals surface area contributed by atoms with E-state index >= 15 is 0 Å². The second-order valence-electron chi connectivity index (χ2n) is 7.23. The first-order valence-electron chi connectivity index (χ1n) is 8.34. The molecule has 3 rings (SSSR count). The highest BCUT2D eigenvalue weighted by atomic mass is 16.6. The minimum atomic E-state index is -0.533. The number of hydrogen-bond donors (Lipinski definition) is 0. The van der Waals surface area contributed by atoms with Gasteiger partial charge in [-0.15, -0.1) is 0 Å². The van der Waals surface area contributed by atoms with E-state index < -0.39 is 5.60 Å². The molecule has 0 aromatic heterocycles. The molecule has 7 heteroatoms. The monoisotopic (exact) mass is 348 g/mol. The molecule has 136 valence electrons. The van der Waals surface area contributed by atoms with Gasteiger partial charge in [0.15, 0.2) is 0 Å². The molecule has 1 aromatic carbocycles. The van der Waals surface area contributed by atoms with E-state index in [1.54, 1.807) is 16.9 Å². The summed E-state index contributed by atoms with van der Waals surface area (Å²) in [7, 11) is 1.58. The number of benzene rings is 1. The van der Waals surface area contributed by atoms with Crippen molar-refractivity contribution < 1.29 is 23.8 Å². The third kappa shape index (κ3) is 3.71. The molecule has 1 fully saturated rings. The number of fused-ring (bicyclic) bond motifs is 1. The van der Waals surface area contributed by atoms with E-state index in [1.165, 1.54) is 0 Å². The molecule has 2 amide bonds. The summed E-state index contributed by atoms with van der Waals surface area (Å²) in [6.07, 6.45) is -0.341. The highest BCUT2D eigenvalue weighted by Gasteiger charge is 2.31. The number of methoxy groups -OCH3 is 1. The molecule has 0 radical (unpaired) electrons. The van der Waals surface area contributed by atoms with E-state index in [0.717, 1.165) is 16.8 Å². The largest absolute Gasteiger partial charge is 0.495 e. The summed E-state index contributed by atoms with van der Waals surface area (Å²) in [5.74, 6) is 0.534. The average Bonchev–Trinajstić information content (AvgIpc) is 2.95. The van der Waals surface area contributed by atoms with Gasteiger partial charge in [0.2, 0.25) is 0 Å². The predicted octanol–water partition coefficient (Wildman–Crippen LogP) is 2.31. The first-order valence-corrected chi connectivity index (χ1v) is 8.34. The summed E-state index contributed by atoms with van der Waals surface area (Å²) >= 11 is 0. The zero-order valence-electron chi connectivity index (χ0n) is 15.1. The Balaban J connectivity index is 1.84. The molecule has 0 atom stereocenters. The van der Waals surface area contributed by atoms with Crippen LogP contribution in [0.2, 0.25) is 0 Å². The lowest BCUT2D eigenvalue weighted by Gasteiger charge is -2.28. The molecule has 0 N–H and O–H groups in total. The lowest BCUT2D eigenvalue weighted by molar-refractivity contribution is -0.125. The third-order valence-electron chi connectivity index (χ3n) is 4.15. The van der Waals surface area contributed by atoms with Gasteiger partial charge in [-0.25, -0.2) is 4.79 Å². The number of morpholine rings is 1. The fourth-order valence-corrected chi connectivity index (χ4v) is 3.02. The van der Waals surface area contributed by atoms with Gasteiger partial charge >= 0.3 is 6.09 Å². The minimum Gasteiger partial charge on any atom is -0.495 e. The van der Waals surface area contributed by atoms with Gasteiger partial charge in [-0.1, -0.05) is 0 Å². The molecule has 7 nitrogen and oxygen atoms in total. The van der Waals surface area contributed by atoms with E-state index in [0.29, 0.717) is 32.0 Å². The second-order valence-corrected chi connectivity index (χ2v) is 7.23. The maximum absolute atomic E-state index is 12.3. The van der Waals surface area contributed by atoms with Gasteiger partial charge in [-0.05, 0) is 44.0 Å². The smallest absolute Gasteiger partial charge is 0.410 e. The van der Waals surface area contributed by atoms with Crippen molar-refractivity contribution >= 4 is 17.7 Å². The zero-order chi connectivity index (χ0) is 18.2. The summed E-state index contributed by atoms with van der Waals surface area (Å²) < 4.78 is 16.1. The summed E-state index contributed by atoms with van der Waals surface area (Å²) in [6, 6.07) is 3.83. The highest BCUT2D eigenvalue weighted by Crippen LogP contribution is 2.36. The SMILES string of the molecule is COc1cc2c(cc1N1CCOCC1=O)CN(C(=O)OC(C)(C)C)C2. The second kappa shape index (κ2) is 6.55. The van der Waals surface area contributed by atoms with Crippen molar-refractivity contribution in [2.45, 2.75) is 39.5 Å². The van der Waals surface area contributed by atoms with Gasteiger partial charge in [0.25, 0.3) is 5.91 Å². The normalized spacial score (nSPS) is 17.5. The number of anilines is 1. The van der Waals surface area contributed by atoms with Gasteiger partial charge in [0.05, 0.1) is 19.4 Å². The van der Waals surface area contributed by atoms with Gasteiger partial charge in [0.1, 0.15) is 18.0 Å². The van der Waals surface area contributed by atoms with Crippen LogP contribution in [0.25, 0.3) is 0 Å². The van der Waals surface area contributed by atoms with Crippen molar-refractivity contribution in [1.82, 2.24) is 4.90 Å². The van der Waals surface area contributed by atoms with E-state index in [4.69, 9.17) is 14.2 Å². The Hall–Kier alpha value is -2.28. The maximum Gasteiger partial charge on any atom is 0.410 e. The fraction of sp³-hybridized carbons (Fsp3) is 0.556. The minimum absolute atomic E-state index is 0.0737. The van der Waals surface area contributed by atoms with Crippen LogP contribution in [0, 0.1) is 0 Å². The molecule has 25 heavy (non-hydrogen) atoms.